The topological polar surface area (TPSA) is 137 Å². The Hall–Kier alpha value is -4.57. The van der Waals surface area contributed by atoms with Crippen LogP contribution in [0.4, 0.5) is 11.4 Å². The van der Waals surface area contributed by atoms with Gasteiger partial charge in [-0.1, -0.05) is 25.1 Å². The SMILES string of the molecule is CCc1ccc2c(c1)[C@]1(N[C@@H](Cc3ccc(O)c(O)c3)[C@H]3C(=O)N(c4ccc5c(c4)OCO5)C(=O)[C@@H]31)C(=O)N2. The molecule has 4 atom stereocenters. The van der Waals surface area contributed by atoms with Gasteiger partial charge in [0.15, 0.2) is 23.0 Å². The van der Waals surface area contributed by atoms with E-state index in [1.807, 2.05) is 25.1 Å². The summed E-state index contributed by atoms with van der Waals surface area (Å²) in [5, 5.41) is 26.2. The molecule has 3 aromatic rings. The van der Waals surface area contributed by atoms with Crippen molar-refractivity contribution in [2.24, 2.45) is 11.8 Å². The van der Waals surface area contributed by atoms with Crippen LogP contribution in [0.2, 0.25) is 0 Å². The number of phenolic OH excluding ortho intramolecular Hbond substituents is 2. The summed E-state index contributed by atoms with van der Waals surface area (Å²) in [5.41, 5.74) is 1.79. The molecule has 39 heavy (non-hydrogen) atoms. The summed E-state index contributed by atoms with van der Waals surface area (Å²) in [5.74, 6) is -2.73. The number of anilines is 2. The predicted octanol–water partition coefficient (Wildman–Crippen LogP) is 2.56. The minimum atomic E-state index is -1.45. The number of hydrogen-bond donors (Lipinski definition) is 4. The average Bonchev–Trinajstić information content (AvgIpc) is 3.65. The first-order chi connectivity index (χ1) is 18.8. The fraction of sp³-hybridized carbons (Fsp3) is 0.276. The summed E-state index contributed by atoms with van der Waals surface area (Å²) in [6.07, 6.45) is 0.971. The van der Waals surface area contributed by atoms with Gasteiger partial charge in [-0.15, -0.1) is 0 Å². The molecule has 0 aliphatic carbocycles. The molecule has 10 heteroatoms. The minimum absolute atomic E-state index is 0.0528. The van der Waals surface area contributed by atoms with Gasteiger partial charge in [-0.25, -0.2) is 4.90 Å². The molecule has 4 aliphatic heterocycles. The quantitative estimate of drug-likeness (QED) is 0.300. The van der Waals surface area contributed by atoms with Gasteiger partial charge in [0.1, 0.15) is 5.54 Å². The molecule has 0 aromatic heterocycles. The molecule has 0 bridgehead atoms. The molecule has 4 heterocycles. The Morgan fingerprint density at radius 2 is 1.72 bits per heavy atom. The Bertz CT molecular complexity index is 1590. The van der Waals surface area contributed by atoms with Crippen LogP contribution in [-0.4, -0.2) is 40.8 Å². The van der Waals surface area contributed by atoms with E-state index >= 15 is 0 Å². The lowest BCUT2D eigenvalue weighted by Crippen LogP contribution is -2.53. The number of ether oxygens (including phenoxy) is 2. The van der Waals surface area contributed by atoms with Gasteiger partial charge in [-0.05, 0) is 54.3 Å². The summed E-state index contributed by atoms with van der Waals surface area (Å²) in [4.78, 5) is 43.2. The third-order valence-corrected chi connectivity index (χ3v) is 8.30. The zero-order valence-corrected chi connectivity index (χ0v) is 20.9. The molecular weight excluding hydrogens is 502 g/mol. The Kier molecular flexibility index (Phi) is 4.96. The number of phenols is 2. The van der Waals surface area contributed by atoms with E-state index in [9.17, 15) is 24.6 Å². The Balaban J connectivity index is 1.36. The first-order valence-electron chi connectivity index (χ1n) is 12.8. The second-order valence-corrected chi connectivity index (χ2v) is 10.3. The molecule has 10 nitrogen and oxygen atoms in total. The van der Waals surface area contributed by atoms with Crippen molar-refractivity contribution in [3.63, 3.8) is 0 Å². The van der Waals surface area contributed by atoms with Gasteiger partial charge in [0.2, 0.25) is 24.5 Å². The lowest BCUT2D eigenvalue weighted by atomic mass is 9.76. The van der Waals surface area contributed by atoms with Crippen molar-refractivity contribution in [2.45, 2.75) is 31.3 Å². The van der Waals surface area contributed by atoms with Crippen molar-refractivity contribution in [3.8, 4) is 23.0 Å². The van der Waals surface area contributed by atoms with Crippen LogP contribution in [-0.2, 0) is 32.8 Å². The number of carbonyl (C=O) groups is 3. The molecule has 7 rings (SSSR count). The van der Waals surface area contributed by atoms with Gasteiger partial charge in [-0.2, -0.15) is 0 Å². The summed E-state index contributed by atoms with van der Waals surface area (Å²) in [6.45, 7) is 2.06. The highest BCUT2D eigenvalue weighted by molar-refractivity contribution is 6.26. The molecule has 1 spiro atoms. The highest BCUT2D eigenvalue weighted by Gasteiger charge is 2.70. The van der Waals surface area contributed by atoms with Gasteiger partial charge in [0, 0.05) is 23.4 Å². The standard InChI is InChI=1S/C29H25N3O7/c1-2-14-3-6-18-17(9-14)29(28(37)30-18)25-24(19(31-29)10-15-4-7-20(33)21(34)11-15)26(35)32(27(25)36)16-5-8-22-23(12-16)39-13-38-22/h3-9,11-12,19,24-25,31,33-34H,2,10,13H2,1H3,(H,30,37)/t19-,24+,25+,29+/m0/s1. The predicted molar refractivity (Wildman–Crippen MR) is 139 cm³/mol. The van der Waals surface area contributed by atoms with Gasteiger partial charge >= 0.3 is 0 Å². The molecule has 2 fully saturated rings. The Labute approximate surface area is 223 Å². The molecule has 0 saturated carbocycles. The zero-order chi connectivity index (χ0) is 27.1. The first-order valence-corrected chi connectivity index (χ1v) is 12.8. The van der Waals surface area contributed by atoms with Crippen LogP contribution in [0.1, 0.15) is 23.6 Å². The van der Waals surface area contributed by atoms with E-state index in [0.29, 0.717) is 34.0 Å². The van der Waals surface area contributed by atoms with E-state index in [1.54, 1.807) is 24.3 Å². The van der Waals surface area contributed by atoms with Gasteiger partial charge in [0.25, 0.3) is 0 Å². The number of rotatable bonds is 4. The molecule has 0 radical (unpaired) electrons. The first kappa shape index (κ1) is 23.5. The van der Waals surface area contributed by atoms with Crippen molar-refractivity contribution < 1.29 is 34.1 Å². The Morgan fingerprint density at radius 1 is 0.923 bits per heavy atom. The molecule has 198 valence electrons. The zero-order valence-electron chi connectivity index (χ0n) is 20.9. The second kappa shape index (κ2) is 8.21. The van der Waals surface area contributed by atoms with Crippen molar-refractivity contribution in [3.05, 3.63) is 71.3 Å². The fourth-order valence-corrected chi connectivity index (χ4v) is 6.47. The number of amides is 3. The molecule has 2 saturated heterocycles. The lowest BCUT2D eigenvalue weighted by Gasteiger charge is -2.30. The minimum Gasteiger partial charge on any atom is -0.504 e. The van der Waals surface area contributed by atoms with Crippen LogP contribution in [0.5, 0.6) is 23.0 Å². The maximum absolute atomic E-state index is 14.2. The van der Waals surface area contributed by atoms with E-state index in [4.69, 9.17) is 9.47 Å². The number of fused-ring (bicyclic) bond motifs is 5. The average molecular weight is 528 g/mol. The third kappa shape index (κ3) is 3.21. The highest BCUT2D eigenvalue weighted by atomic mass is 16.7. The van der Waals surface area contributed by atoms with E-state index in [2.05, 4.69) is 10.6 Å². The third-order valence-electron chi connectivity index (χ3n) is 8.30. The maximum atomic E-state index is 14.2. The summed E-state index contributed by atoms with van der Waals surface area (Å²) in [6, 6.07) is 14.4. The van der Waals surface area contributed by atoms with Crippen molar-refractivity contribution >= 4 is 29.1 Å². The fourth-order valence-electron chi connectivity index (χ4n) is 6.47. The van der Waals surface area contributed by atoms with Crippen LogP contribution < -0.4 is 25.0 Å². The monoisotopic (exact) mass is 527 g/mol. The van der Waals surface area contributed by atoms with Crippen LogP contribution >= 0.6 is 0 Å². The normalized spacial score (nSPS) is 26.3. The van der Waals surface area contributed by atoms with Crippen LogP contribution in [0.3, 0.4) is 0 Å². The molecule has 4 aliphatic rings. The Morgan fingerprint density at radius 3 is 2.51 bits per heavy atom. The number of carbonyl (C=O) groups excluding carboxylic acids is 3. The second-order valence-electron chi connectivity index (χ2n) is 10.3. The number of hydrogen-bond acceptors (Lipinski definition) is 8. The van der Waals surface area contributed by atoms with Gasteiger partial charge in [0.05, 0.1) is 17.5 Å². The number of nitrogens with zero attached hydrogens (tertiary/aromatic N) is 1. The maximum Gasteiger partial charge on any atom is 0.250 e. The number of nitrogens with one attached hydrogen (secondary N) is 2. The molecule has 4 N–H and O–H groups in total. The largest absolute Gasteiger partial charge is 0.504 e. The van der Waals surface area contributed by atoms with Crippen LogP contribution in [0.25, 0.3) is 0 Å². The number of aryl methyl sites for hydroxylation is 1. The molecular formula is C29H25N3O7. The number of benzene rings is 3. The molecule has 3 aromatic carbocycles. The smallest absolute Gasteiger partial charge is 0.250 e. The van der Waals surface area contributed by atoms with Crippen molar-refractivity contribution in [1.82, 2.24) is 5.32 Å². The van der Waals surface area contributed by atoms with E-state index in [0.717, 1.165) is 16.9 Å². The van der Waals surface area contributed by atoms with Crippen LogP contribution in [0, 0.1) is 11.8 Å². The van der Waals surface area contributed by atoms with Crippen molar-refractivity contribution in [2.75, 3.05) is 17.0 Å². The summed E-state index contributed by atoms with van der Waals surface area (Å²) >= 11 is 0. The number of imide groups is 1. The van der Waals surface area contributed by atoms with E-state index in [-0.39, 0.29) is 30.6 Å². The van der Waals surface area contributed by atoms with E-state index < -0.39 is 35.2 Å². The number of aromatic hydroxyl groups is 2. The lowest BCUT2D eigenvalue weighted by molar-refractivity contribution is -0.130. The molecule has 0 unspecified atom stereocenters. The highest BCUT2D eigenvalue weighted by Crippen LogP contribution is 2.54. The summed E-state index contributed by atoms with van der Waals surface area (Å²) < 4.78 is 10.9. The van der Waals surface area contributed by atoms with E-state index in [1.165, 1.54) is 12.1 Å². The van der Waals surface area contributed by atoms with Crippen LogP contribution in [0.15, 0.2) is 54.6 Å². The van der Waals surface area contributed by atoms with Crippen molar-refractivity contribution in [1.29, 1.82) is 0 Å². The molecule has 3 amide bonds. The van der Waals surface area contributed by atoms with Gasteiger partial charge in [-0.3, -0.25) is 19.7 Å². The van der Waals surface area contributed by atoms with Gasteiger partial charge < -0.3 is 25.0 Å². The summed E-state index contributed by atoms with van der Waals surface area (Å²) in [7, 11) is 0.